The molecule has 1 unspecified atom stereocenters. The maximum atomic E-state index is 9.49. The van der Waals surface area contributed by atoms with Crippen molar-refractivity contribution in [2.75, 3.05) is 7.11 Å². The van der Waals surface area contributed by atoms with E-state index in [0.29, 0.717) is 23.3 Å². The smallest absolute Gasteiger partial charge is 0.219 e. The molecule has 0 fully saturated rings. The number of rotatable bonds is 5. The average molecular weight is 294 g/mol. The van der Waals surface area contributed by atoms with Crippen LogP contribution in [0.5, 0.6) is 11.6 Å². The average Bonchev–Trinajstić information content (AvgIpc) is 2.46. The maximum absolute atomic E-state index is 9.49. The maximum Gasteiger partial charge on any atom is 0.219 e. The topological polar surface area (TPSA) is 51.6 Å². The number of benzene rings is 1. The van der Waals surface area contributed by atoms with Crippen molar-refractivity contribution >= 4 is 11.6 Å². The highest BCUT2D eigenvalue weighted by Crippen LogP contribution is 2.29. The Morgan fingerprint density at radius 3 is 2.80 bits per heavy atom. The van der Waals surface area contributed by atoms with Gasteiger partial charge in [-0.3, -0.25) is 0 Å². The molecular weight excluding hydrogens is 278 g/mol. The Labute approximate surface area is 122 Å². The van der Waals surface area contributed by atoms with E-state index in [9.17, 15) is 5.11 Å². The fraction of sp³-hybridized carbons (Fsp3) is 0.267. The van der Waals surface area contributed by atoms with Crippen LogP contribution in [0.3, 0.4) is 0 Å². The molecule has 0 bridgehead atoms. The van der Waals surface area contributed by atoms with Crippen molar-refractivity contribution in [3.8, 4) is 11.6 Å². The lowest BCUT2D eigenvalue weighted by Gasteiger charge is -2.12. The lowest BCUT2D eigenvalue weighted by molar-refractivity contribution is 0.199. The molecule has 0 saturated heterocycles. The summed E-state index contributed by atoms with van der Waals surface area (Å²) < 4.78 is 10.8. The Morgan fingerprint density at radius 2 is 2.15 bits per heavy atom. The Hall–Kier alpha value is -1.78. The molecule has 1 aromatic heterocycles. The first kappa shape index (κ1) is 14.6. The van der Waals surface area contributed by atoms with Crippen LogP contribution >= 0.6 is 11.6 Å². The first-order valence-electron chi connectivity index (χ1n) is 6.20. The second kappa shape index (κ2) is 6.59. The van der Waals surface area contributed by atoms with Crippen LogP contribution in [0.2, 0.25) is 5.02 Å². The van der Waals surface area contributed by atoms with Crippen LogP contribution < -0.4 is 9.47 Å². The number of halogens is 1. The third kappa shape index (κ3) is 3.40. The van der Waals surface area contributed by atoms with Gasteiger partial charge in [-0.1, -0.05) is 17.7 Å². The van der Waals surface area contributed by atoms with Crippen molar-refractivity contribution in [2.24, 2.45) is 0 Å². The molecule has 1 atom stereocenters. The van der Waals surface area contributed by atoms with Crippen LogP contribution in [-0.4, -0.2) is 17.2 Å². The van der Waals surface area contributed by atoms with Crippen molar-refractivity contribution in [3.05, 3.63) is 52.7 Å². The molecule has 0 aliphatic carbocycles. The molecule has 0 aliphatic heterocycles. The molecule has 0 radical (unpaired) electrons. The minimum atomic E-state index is -0.556. The van der Waals surface area contributed by atoms with Crippen molar-refractivity contribution < 1.29 is 14.6 Å². The molecule has 1 heterocycles. The number of aromatic nitrogens is 1. The van der Waals surface area contributed by atoms with Gasteiger partial charge < -0.3 is 14.6 Å². The van der Waals surface area contributed by atoms with E-state index in [4.69, 9.17) is 21.1 Å². The van der Waals surface area contributed by atoms with Gasteiger partial charge in [-0.05, 0) is 36.8 Å². The number of methoxy groups -OCH3 is 1. The predicted molar refractivity (Wildman–Crippen MR) is 77.2 cm³/mol. The third-order valence-corrected chi connectivity index (χ3v) is 3.16. The molecule has 2 rings (SSSR count). The SMILES string of the molecule is COc1ncccc1COc1ccc(C(C)O)cc1Cl. The Balaban J connectivity index is 2.11. The highest BCUT2D eigenvalue weighted by Gasteiger charge is 2.09. The van der Waals surface area contributed by atoms with E-state index in [-0.39, 0.29) is 0 Å². The summed E-state index contributed by atoms with van der Waals surface area (Å²) in [5.41, 5.74) is 1.59. The Bertz CT molecular complexity index is 587. The van der Waals surface area contributed by atoms with Crippen molar-refractivity contribution in [2.45, 2.75) is 19.6 Å². The van der Waals surface area contributed by atoms with Gasteiger partial charge in [0.1, 0.15) is 12.4 Å². The van der Waals surface area contributed by atoms with Crippen molar-refractivity contribution in [1.29, 1.82) is 0 Å². The van der Waals surface area contributed by atoms with Crippen LogP contribution in [0.25, 0.3) is 0 Å². The number of pyridine rings is 1. The van der Waals surface area contributed by atoms with Gasteiger partial charge in [0.2, 0.25) is 5.88 Å². The van der Waals surface area contributed by atoms with Crippen LogP contribution in [-0.2, 0) is 6.61 Å². The van der Waals surface area contributed by atoms with Gasteiger partial charge in [-0.25, -0.2) is 4.98 Å². The highest BCUT2D eigenvalue weighted by atomic mass is 35.5. The number of hydrogen-bond donors (Lipinski definition) is 1. The second-order valence-corrected chi connectivity index (χ2v) is 4.73. The summed E-state index contributed by atoms with van der Waals surface area (Å²) in [6.07, 6.45) is 1.10. The lowest BCUT2D eigenvalue weighted by Crippen LogP contribution is -2.01. The first-order valence-corrected chi connectivity index (χ1v) is 6.58. The molecule has 1 aromatic carbocycles. The summed E-state index contributed by atoms with van der Waals surface area (Å²) in [5, 5.41) is 9.96. The van der Waals surface area contributed by atoms with Gasteiger partial charge in [-0.2, -0.15) is 0 Å². The first-order chi connectivity index (χ1) is 9.61. The molecule has 2 aromatic rings. The summed E-state index contributed by atoms with van der Waals surface area (Å²) >= 11 is 6.13. The number of aliphatic hydroxyl groups excluding tert-OH is 1. The monoisotopic (exact) mass is 293 g/mol. The van der Waals surface area contributed by atoms with Crippen LogP contribution in [0.15, 0.2) is 36.5 Å². The number of nitrogens with zero attached hydrogens (tertiary/aromatic N) is 1. The van der Waals surface area contributed by atoms with E-state index in [1.54, 1.807) is 38.4 Å². The summed E-state index contributed by atoms with van der Waals surface area (Å²) in [6, 6.07) is 8.92. The molecule has 1 N–H and O–H groups in total. The molecule has 20 heavy (non-hydrogen) atoms. The lowest BCUT2D eigenvalue weighted by atomic mass is 10.1. The summed E-state index contributed by atoms with van der Waals surface area (Å²) in [5.74, 6) is 1.09. The van der Waals surface area contributed by atoms with Gasteiger partial charge in [0.15, 0.2) is 0 Å². The number of aliphatic hydroxyl groups is 1. The van der Waals surface area contributed by atoms with E-state index in [0.717, 1.165) is 11.1 Å². The fourth-order valence-corrected chi connectivity index (χ4v) is 2.01. The van der Waals surface area contributed by atoms with Gasteiger partial charge in [0, 0.05) is 6.20 Å². The third-order valence-electron chi connectivity index (χ3n) is 2.86. The standard InChI is InChI=1S/C15H16ClNO3/c1-10(18)11-5-6-14(13(16)8-11)20-9-12-4-3-7-17-15(12)19-2/h3-8,10,18H,9H2,1-2H3. The predicted octanol–water partition coefficient (Wildman–Crippen LogP) is 3.38. The van der Waals surface area contributed by atoms with Gasteiger partial charge in [0.25, 0.3) is 0 Å². The molecule has 0 aliphatic rings. The molecule has 0 spiro atoms. The molecule has 4 nitrogen and oxygen atoms in total. The van der Waals surface area contributed by atoms with Crippen LogP contribution in [0.1, 0.15) is 24.2 Å². The van der Waals surface area contributed by atoms with E-state index in [1.165, 1.54) is 0 Å². The van der Waals surface area contributed by atoms with Crippen molar-refractivity contribution in [1.82, 2.24) is 4.98 Å². The minimum absolute atomic E-state index is 0.310. The quantitative estimate of drug-likeness (QED) is 0.918. The number of ether oxygens (including phenoxy) is 2. The molecular formula is C15H16ClNO3. The zero-order valence-electron chi connectivity index (χ0n) is 11.3. The van der Waals surface area contributed by atoms with Gasteiger partial charge >= 0.3 is 0 Å². The second-order valence-electron chi connectivity index (χ2n) is 4.33. The summed E-state index contributed by atoms with van der Waals surface area (Å²) in [7, 11) is 1.57. The Kier molecular flexibility index (Phi) is 4.82. The largest absolute Gasteiger partial charge is 0.487 e. The zero-order valence-corrected chi connectivity index (χ0v) is 12.1. The van der Waals surface area contributed by atoms with E-state index in [2.05, 4.69) is 4.98 Å². The van der Waals surface area contributed by atoms with Crippen molar-refractivity contribution in [3.63, 3.8) is 0 Å². The summed E-state index contributed by atoms with van der Waals surface area (Å²) in [6.45, 7) is 2.00. The number of hydrogen-bond acceptors (Lipinski definition) is 4. The fourth-order valence-electron chi connectivity index (χ4n) is 1.77. The minimum Gasteiger partial charge on any atom is -0.487 e. The molecule has 0 saturated carbocycles. The molecule has 106 valence electrons. The molecule has 0 amide bonds. The normalized spacial score (nSPS) is 12.0. The van der Waals surface area contributed by atoms with Crippen LogP contribution in [0.4, 0.5) is 0 Å². The van der Waals surface area contributed by atoms with Gasteiger partial charge in [0.05, 0.1) is 23.8 Å². The van der Waals surface area contributed by atoms with Gasteiger partial charge in [-0.15, -0.1) is 0 Å². The van der Waals surface area contributed by atoms with E-state index >= 15 is 0 Å². The highest BCUT2D eigenvalue weighted by molar-refractivity contribution is 6.32. The van der Waals surface area contributed by atoms with Crippen LogP contribution in [0, 0.1) is 0 Å². The molecule has 5 heteroatoms. The summed E-state index contributed by atoms with van der Waals surface area (Å²) in [4.78, 5) is 4.10. The van der Waals surface area contributed by atoms with E-state index in [1.807, 2.05) is 12.1 Å². The zero-order chi connectivity index (χ0) is 14.5. The van der Waals surface area contributed by atoms with E-state index < -0.39 is 6.10 Å². The Morgan fingerprint density at radius 1 is 1.35 bits per heavy atom.